The number of methoxy groups -OCH3 is 1. The molecule has 1 N–H and O–H groups in total. The Morgan fingerprint density at radius 2 is 1.70 bits per heavy atom. The Bertz CT molecular complexity index is 1240. The van der Waals surface area contributed by atoms with Crippen LogP contribution in [0.3, 0.4) is 0 Å². The van der Waals surface area contributed by atoms with Crippen molar-refractivity contribution >= 4 is 25.2 Å². The van der Waals surface area contributed by atoms with Gasteiger partial charge in [-0.15, -0.1) is 0 Å². The first-order valence-corrected chi connectivity index (χ1v) is 15.2. The fourth-order valence-electron chi connectivity index (χ4n) is 3.98. The molecule has 0 aliphatic heterocycles. The van der Waals surface area contributed by atoms with Crippen molar-refractivity contribution in [2.75, 3.05) is 7.11 Å². The molecule has 2 unspecified atom stereocenters. The van der Waals surface area contributed by atoms with E-state index in [4.69, 9.17) is 9.47 Å². The van der Waals surface area contributed by atoms with Crippen molar-refractivity contribution in [1.82, 2.24) is 0 Å². The van der Waals surface area contributed by atoms with Crippen LogP contribution in [0.4, 0.5) is 13.2 Å². The molecule has 3 aromatic rings. The molecule has 3 aromatic carbocycles. The van der Waals surface area contributed by atoms with Crippen LogP contribution in [-0.4, -0.2) is 43.5 Å². The Balaban J connectivity index is 2.02. The van der Waals surface area contributed by atoms with Crippen molar-refractivity contribution in [3.05, 3.63) is 83.4 Å². The summed E-state index contributed by atoms with van der Waals surface area (Å²) in [7, 11) is 1.44. The Kier molecular flexibility index (Phi) is 9.44. The summed E-state index contributed by atoms with van der Waals surface area (Å²) in [4.78, 5) is 24.6. The van der Waals surface area contributed by atoms with Crippen LogP contribution in [0.2, 0.25) is 5.21 Å². The van der Waals surface area contributed by atoms with Crippen LogP contribution in [0.15, 0.2) is 66.7 Å². The van der Waals surface area contributed by atoms with Gasteiger partial charge in [-0.1, -0.05) is 0 Å². The van der Waals surface area contributed by atoms with Crippen LogP contribution in [0.5, 0.6) is 11.5 Å². The Hall–Kier alpha value is -3.25. The van der Waals surface area contributed by atoms with Crippen molar-refractivity contribution in [3.8, 4) is 22.6 Å². The molecule has 0 fully saturated rings. The number of alkyl halides is 3. The van der Waals surface area contributed by atoms with Gasteiger partial charge < -0.3 is 0 Å². The fraction of sp³-hybridized carbons (Fsp3) is 0.286. The molecule has 0 spiro atoms. The predicted octanol–water partition coefficient (Wildman–Crippen LogP) is 6.18. The first-order valence-electron chi connectivity index (χ1n) is 11.6. The molecule has 2 atom stereocenters. The van der Waals surface area contributed by atoms with Crippen LogP contribution in [0.25, 0.3) is 11.1 Å². The molecule has 37 heavy (non-hydrogen) atoms. The number of hydrogen-bond donors (Lipinski definition) is 1. The zero-order valence-electron chi connectivity index (χ0n) is 20.7. The van der Waals surface area contributed by atoms with Crippen LogP contribution < -0.4 is 9.47 Å². The molecule has 0 aliphatic carbocycles. The minimum atomic E-state index is -4.56. The number of carboxylic acid groups (broad SMARTS) is 1. The van der Waals surface area contributed by atoms with E-state index in [1.807, 2.05) is 13.0 Å². The van der Waals surface area contributed by atoms with Crippen LogP contribution in [0.1, 0.15) is 30.5 Å². The summed E-state index contributed by atoms with van der Waals surface area (Å²) in [6, 6.07) is 17.2. The first kappa shape index (κ1) is 28.3. The second-order valence-electron chi connectivity index (χ2n) is 8.40. The summed E-state index contributed by atoms with van der Waals surface area (Å²) in [6.07, 6.45) is -5.53. The van der Waals surface area contributed by atoms with Gasteiger partial charge >= 0.3 is 219 Å². The normalized spacial score (nSPS) is 13.0. The molecule has 3 rings (SSSR count). The van der Waals surface area contributed by atoms with E-state index in [2.05, 4.69) is 0 Å². The van der Waals surface area contributed by atoms with E-state index in [9.17, 15) is 27.9 Å². The predicted molar refractivity (Wildman–Crippen MR) is 136 cm³/mol. The third kappa shape index (κ3) is 7.39. The van der Waals surface area contributed by atoms with Crippen molar-refractivity contribution in [2.45, 2.75) is 43.0 Å². The summed E-state index contributed by atoms with van der Waals surface area (Å²) >= 11 is -2.37. The number of halogens is 3. The van der Waals surface area contributed by atoms with E-state index in [1.165, 1.54) is 13.2 Å². The molecule has 5 nitrogen and oxygen atoms in total. The molecule has 0 radical (unpaired) electrons. The maximum atomic E-state index is 13.6. The third-order valence-corrected chi connectivity index (χ3v) is 11.0. The van der Waals surface area contributed by atoms with E-state index >= 15 is 0 Å². The van der Waals surface area contributed by atoms with Gasteiger partial charge in [-0.2, -0.15) is 0 Å². The number of hydrogen-bond acceptors (Lipinski definition) is 4. The van der Waals surface area contributed by atoms with Gasteiger partial charge in [0.2, 0.25) is 0 Å². The SMILES string of the molecule is CC[As](Cc1cc(C(F)(F)F)ccc1-c1cc(CC(=O)O)ccc1OC)C(=O)C(C)Oc1ccccc1. The topological polar surface area (TPSA) is 72.8 Å². The number of ether oxygens (including phenoxy) is 2. The zero-order valence-corrected chi connectivity index (χ0v) is 22.6. The summed E-state index contributed by atoms with van der Waals surface area (Å²) < 4.78 is 52.1. The fourth-order valence-corrected chi connectivity index (χ4v) is 8.03. The average molecular weight is 576 g/mol. The monoisotopic (exact) mass is 576 g/mol. The second kappa shape index (κ2) is 12.3. The van der Waals surface area contributed by atoms with Gasteiger partial charge in [0, 0.05) is 0 Å². The van der Waals surface area contributed by atoms with Gasteiger partial charge in [0.15, 0.2) is 0 Å². The van der Waals surface area contributed by atoms with E-state index in [0.717, 1.165) is 12.1 Å². The molecule has 0 saturated carbocycles. The van der Waals surface area contributed by atoms with Gasteiger partial charge in [-0.25, -0.2) is 0 Å². The molecule has 0 bridgehead atoms. The average Bonchev–Trinajstić information content (AvgIpc) is 2.86. The Labute approximate surface area is 218 Å². The molecule has 0 aliphatic rings. The minimum absolute atomic E-state index is 0.0752. The number of carbonyl (C=O) groups excluding carboxylic acids is 1. The van der Waals surface area contributed by atoms with Crippen molar-refractivity contribution in [3.63, 3.8) is 0 Å². The van der Waals surface area contributed by atoms with Crippen LogP contribution >= 0.6 is 0 Å². The second-order valence-corrected chi connectivity index (χ2v) is 13.6. The number of carboxylic acids is 1. The van der Waals surface area contributed by atoms with E-state index < -0.39 is 38.5 Å². The van der Waals surface area contributed by atoms with E-state index in [0.29, 0.717) is 39.0 Å². The van der Waals surface area contributed by atoms with Crippen molar-refractivity contribution in [1.29, 1.82) is 0 Å². The molecule has 0 saturated heterocycles. The van der Waals surface area contributed by atoms with Crippen LogP contribution in [-0.2, 0) is 27.4 Å². The van der Waals surface area contributed by atoms with Crippen molar-refractivity contribution in [2.24, 2.45) is 0 Å². The molecular formula is C28H28AsF3O5. The molecule has 0 amide bonds. The summed E-state index contributed by atoms with van der Waals surface area (Å²) in [5.41, 5.74) is 1.02. The molecule has 0 aromatic heterocycles. The Morgan fingerprint density at radius 3 is 2.30 bits per heavy atom. The van der Waals surface area contributed by atoms with Crippen LogP contribution in [0, 0.1) is 0 Å². The summed E-state index contributed by atoms with van der Waals surface area (Å²) in [5, 5.41) is 9.94. The van der Waals surface area contributed by atoms with Gasteiger partial charge in [0.1, 0.15) is 0 Å². The van der Waals surface area contributed by atoms with Gasteiger partial charge in [0.05, 0.1) is 0 Å². The standard InChI is InChI=1S/C28H28AsF3O5/c1-4-29(27(35)18(2)37-22-8-6-5-7-9-22)17-20-16-21(28(30,31)32)11-12-23(20)24-14-19(15-26(33)34)10-13-25(24)36-3/h5-14,16,18H,4,15,17H2,1-3H3,(H,33,34). The molecule has 196 valence electrons. The molecule has 9 heteroatoms. The van der Waals surface area contributed by atoms with Crippen molar-refractivity contribution < 1.29 is 37.3 Å². The maximum absolute atomic E-state index is 13.6. The van der Waals surface area contributed by atoms with Gasteiger partial charge in [0.25, 0.3) is 0 Å². The number of aliphatic carboxylic acids is 1. The number of para-hydroxylation sites is 1. The summed E-state index contributed by atoms with van der Waals surface area (Å²) in [5.74, 6) is -0.0773. The molecular weight excluding hydrogens is 548 g/mol. The quantitative estimate of drug-likeness (QED) is 0.276. The summed E-state index contributed by atoms with van der Waals surface area (Å²) in [6.45, 7) is 3.53. The number of carbonyl (C=O) groups is 2. The zero-order chi connectivity index (χ0) is 27.2. The van der Waals surface area contributed by atoms with Gasteiger partial charge in [-0.3, -0.25) is 0 Å². The number of benzene rings is 3. The first-order chi connectivity index (χ1) is 17.5. The van der Waals surface area contributed by atoms with Gasteiger partial charge in [-0.05, 0) is 0 Å². The van der Waals surface area contributed by atoms with E-state index in [-0.39, 0.29) is 16.2 Å². The van der Waals surface area contributed by atoms with E-state index in [1.54, 1.807) is 49.4 Å². The third-order valence-electron chi connectivity index (χ3n) is 5.80. The number of rotatable bonds is 11. The Morgan fingerprint density at radius 1 is 1.00 bits per heavy atom. The molecule has 0 heterocycles.